The van der Waals surface area contributed by atoms with Crippen LogP contribution in [0.5, 0.6) is 5.88 Å². The fourth-order valence-corrected chi connectivity index (χ4v) is 5.21. The lowest BCUT2D eigenvalue weighted by Crippen LogP contribution is -2.32. The maximum atomic E-state index is 13.3. The number of nitriles is 1. The summed E-state index contributed by atoms with van der Waals surface area (Å²) < 4.78 is 40.0. The van der Waals surface area contributed by atoms with E-state index in [1.54, 1.807) is 12.1 Å². The molecule has 200 valence electrons. The molecule has 0 bridgehead atoms. The molecule has 11 nitrogen and oxygen atoms in total. The molecule has 0 aliphatic carbocycles. The number of nitrogens with zero attached hydrogens (tertiary/aromatic N) is 4. The van der Waals surface area contributed by atoms with Crippen LogP contribution in [0.4, 0.5) is 11.4 Å². The van der Waals surface area contributed by atoms with Gasteiger partial charge in [-0.15, -0.1) is 10.2 Å². The van der Waals surface area contributed by atoms with Gasteiger partial charge in [0.1, 0.15) is 22.2 Å². The molecule has 0 amide bonds. The highest BCUT2D eigenvalue weighted by molar-refractivity contribution is 7.89. The Labute approximate surface area is 216 Å². The molecule has 0 saturated carbocycles. The van der Waals surface area contributed by atoms with E-state index in [-0.39, 0.29) is 46.4 Å². The molecule has 0 radical (unpaired) electrons. The van der Waals surface area contributed by atoms with Crippen LogP contribution in [0.15, 0.2) is 44.2 Å². The van der Waals surface area contributed by atoms with Gasteiger partial charge in [-0.3, -0.25) is 9.36 Å². The Hall–Kier alpha value is -3.11. The Balaban J connectivity index is 1.98. The van der Waals surface area contributed by atoms with Gasteiger partial charge in [0.25, 0.3) is 5.56 Å². The molecule has 37 heavy (non-hydrogen) atoms. The fourth-order valence-electron chi connectivity index (χ4n) is 4.05. The molecule has 2 heterocycles. The summed E-state index contributed by atoms with van der Waals surface area (Å²) in [6.45, 7) is 6.54. The zero-order valence-corrected chi connectivity index (χ0v) is 22.1. The number of unbranched alkanes of at least 4 members (excludes halogenated alkanes) is 1. The van der Waals surface area contributed by atoms with Crippen LogP contribution in [0.2, 0.25) is 0 Å². The van der Waals surface area contributed by atoms with Gasteiger partial charge in [0.15, 0.2) is 12.0 Å². The molecule has 1 unspecified atom stereocenters. The molecule has 1 saturated heterocycles. The summed E-state index contributed by atoms with van der Waals surface area (Å²) in [5.74, 6) is -0.269. The summed E-state index contributed by atoms with van der Waals surface area (Å²) in [6.07, 6.45) is 2.99. The van der Waals surface area contributed by atoms with E-state index in [0.29, 0.717) is 13.2 Å². The summed E-state index contributed by atoms with van der Waals surface area (Å²) in [5.41, 5.74) is -0.623. The maximum Gasteiger partial charge on any atom is 0.281 e. The van der Waals surface area contributed by atoms with Crippen LogP contribution in [0.3, 0.4) is 0 Å². The van der Waals surface area contributed by atoms with Crippen molar-refractivity contribution in [1.82, 2.24) is 9.29 Å². The largest absolute Gasteiger partial charge is 0.493 e. The second-order valence-corrected chi connectivity index (χ2v) is 10.5. The van der Waals surface area contributed by atoms with E-state index in [1.165, 1.54) is 19.1 Å². The number of aromatic hydroxyl groups is 1. The molecule has 1 aliphatic heterocycles. The average Bonchev–Trinajstić information content (AvgIpc) is 3.41. The molecule has 3 rings (SSSR count). The van der Waals surface area contributed by atoms with Crippen molar-refractivity contribution in [3.05, 3.63) is 45.7 Å². The van der Waals surface area contributed by atoms with Crippen molar-refractivity contribution >= 4 is 21.4 Å². The Morgan fingerprint density at radius 3 is 2.59 bits per heavy atom. The Morgan fingerprint density at radius 2 is 1.95 bits per heavy atom. The van der Waals surface area contributed by atoms with Crippen LogP contribution in [-0.2, 0) is 26.0 Å². The number of sulfonamides is 1. The van der Waals surface area contributed by atoms with Crippen molar-refractivity contribution in [2.24, 2.45) is 16.1 Å². The zero-order chi connectivity index (χ0) is 27.0. The smallest absolute Gasteiger partial charge is 0.281 e. The van der Waals surface area contributed by atoms with E-state index in [4.69, 9.17) is 9.47 Å². The van der Waals surface area contributed by atoms with Crippen LogP contribution in [0.1, 0.15) is 50.7 Å². The van der Waals surface area contributed by atoms with Crippen LogP contribution in [0.25, 0.3) is 0 Å². The molecule has 1 aliphatic rings. The lowest BCUT2D eigenvalue weighted by Gasteiger charge is -2.19. The number of azo groups is 1. The van der Waals surface area contributed by atoms with E-state index in [1.807, 2.05) is 13.0 Å². The standard InChI is InChI=1S/C25H33N5O6S/c1-4-6-9-18(5-2)16-30-24(31)19(14-26)17(3)23(25(30)32)29-28-20-10-7-8-11-21(20)37(33,34)27-15-22-35-12-13-36-22/h7-8,10-11,18,22,27,31H,4-6,9,12-13,15-16H2,1-3H3. The van der Waals surface area contributed by atoms with Crippen molar-refractivity contribution in [3.63, 3.8) is 0 Å². The van der Waals surface area contributed by atoms with Crippen molar-refractivity contribution in [1.29, 1.82) is 5.26 Å². The monoisotopic (exact) mass is 531 g/mol. The molecule has 0 spiro atoms. The van der Waals surface area contributed by atoms with Crippen molar-refractivity contribution in [2.45, 2.75) is 64.2 Å². The SMILES string of the molecule is CCCCC(CC)Cn1c(O)c(C#N)c(C)c(N=Nc2ccccc2S(=O)(=O)NCC2OCCO2)c1=O. The van der Waals surface area contributed by atoms with Crippen molar-refractivity contribution in [2.75, 3.05) is 19.8 Å². The lowest BCUT2D eigenvalue weighted by molar-refractivity contribution is -0.0355. The zero-order valence-electron chi connectivity index (χ0n) is 21.3. The number of nitrogens with one attached hydrogen (secondary N) is 1. The quantitative estimate of drug-likeness (QED) is 0.392. The van der Waals surface area contributed by atoms with Gasteiger partial charge in [0, 0.05) is 12.1 Å². The molecule has 1 aromatic heterocycles. The molecule has 2 aromatic rings. The van der Waals surface area contributed by atoms with Gasteiger partial charge in [-0.05, 0) is 31.4 Å². The minimum atomic E-state index is -4.00. The minimum Gasteiger partial charge on any atom is -0.493 e. The third-order valence-electron chi connectivity index (χ3n) is 6.30. The molecule has 1 fully saturated rings. The second kappa shape index (κ2) is 12.9. The first-order valence-electron chi connectivity index (χ1n) is 12.3. The number of ether oxygens (including phenoxy) is 2. The van der Waals surface area contributed by atoms with Crippen molar-refractivity contribution in [3.8, 4) is 11.9 Å². The highest BCUT2D eigenvalue weighted by atomic mass is 32.2. The van der Waals surface area contributed by atoms with E-state index in [2.05, 4.69) is 21.9 Å². The predicted molar refractivity (Wildman–Crippen MR) is 137 cm³/mol. The predicted octanol–water partition coefficient (Wildman–Crippen LogP) is 4.02. The van der Waals surface area contributed by atoms with Gasteiger partial charge in [-0.25, -0.2) is 13.1 Å². The van der Waals surface area contributed by atoms with Gasteiger partial charge in [0.05, 0.1) is 19.8 Å². The highest BCUT2D eigenvalue weighted by Crippen LogP contribution is 2.30. The maximum absolute atomic E-state index is 13.3. The Bertz CT molecular complexity index is 1330. The van der Waals surface area contributed by atoms with E-state index in [0.717, 1.165) is 30.3 Å². The summed E-state index contributed by atoms with van der Waals surface area (Å²) in [4.78, 5) is 13.2. The van der Waals surface area contributed by atoms with E-state index in [9.17, 15) is 23.6 Å². The molecule has 12 heteroatoms. The molecule has 1 aromatic carbocycles. The lowest BCUT2D eigenvalue weighted by atomic mass is 9.99. The van der Waals surface area contributed by atoms with Gasteiger partial charge < -0.3 is 14.6 Å². The van der Waals surface area contributed by atoms with Crippen molar-refractivity contribution < 1.29 is 23.0 Å². The number of pyridine rings is 1. The summed E-state index contributed by atoms with van der Waals surface area (Å²) in [7, 11) is -4.00. The van der Waals surface area contributed by atoms with Crippen LogP contribution in [0, 0.1) is 24.2 Å². The number of rotatable bonds is 12. The first-order chi connectivity index (χ1) is 17.7. The third kappa shape index (κ3) is 6.81. The normalized spacial score (nSPS) is 15.3. The van der Waals surface area contributed by atoms with Crippen LogP contribution in [-0.4, -0.2) is 44.1 Å². The summed E-state index contributed by atoms with van der Waals surface area (Å²) in [6, 6.07) is 7.91. The molecule has 1 atom stereocenters. The number of hydrogen-bond donors (Lipinski definition) is 2. The first-order valence-corrected chi connectivity index (χ1v) is 13.8. The number of aromatic nitrogens is 1. The average molecular weight is 532 g/mol. The summed E-state index contributed by atoms with van der Waals surface area (Å²) >= 11 is 0. The number of hydrogen-bond acceptors (Lipinski definition) is 9. The van der Waals surface area contributed by atoms with Crippen LogP contribution >= 0.6 is 0 Å². The van der Waals surface area contributed by atoms with Gasteiger partial charge in [0.2, 0.25) is 15.9 Å². The third-order valence-corrected chi connectivity index (χ3v) is 7.77. The van der Waals surface area contributed by atoms with Gasteiger partial charge >= 0.3 is 0 Å². The number of benzene rings is 1. The molecular formula is C25H33N5O6S. The Morgan fingerprint density at radius 1 is 1.24 bits per heavy atom. The fraction of sp³-hybridized carbons (Fsp3) is 0.520. The highest BCUT2D eigenvalue weighted by Gasteiger charge is 2.24. The van der Waals surface area contributed by atoms with Gasteiger partial charge in [-0.1, -0.05) is 45.2 Å². The second-order valence-electron chi connectivity index (χ2n) is 8.81. The minimum absolute atomic E-state index is 0.00886. The summed E-state index contributed by atoms with van der Waals surface area (Å²) in [5, 5.41) is 28.5. The van der Waals surface area contributed by atoms with E-state index < -0.39 is 27.8 Å². The molecular weight excluding hydrogens is 498 g/mol. The van der Waals surface area contributed by atoms with E-state index >= 15 is 0 Å². The first kappa shape index (κ1) is 28.5. The molecule has 2 N–H and O–H groups in total. The Kier molecular flexibility index (Phi) is 9.93. The van der Waals surface area contributed by atoms with Gasteiger partial charge in [-0.2, -0.15) is 5.26 Å². The van der Waals surface area contributed by atoms with Crippen LogP contribution < -0.4 is 10.3 Å². The topological polar surface area (TPSA) is 155 Å².